The molecule has 2 rings (SSSR count). The number of hydrogen-bond donors (Lipinski definition) is 1. The van der Waals surface area contributed by atoms with Gasteiger partial charge in [0.1, 0.15) is 0 Å². The minimum absolute atomic E-state index is 0.278. The van der Waals surface area contributed by atoms with Gasteiger partial charge in [0.2, 0.25) is 5.91 Å². The molecule has 3 nitrogen and oxygen atoms in total. The summed E-state index contributed by atoms with van der Waals surface area (Å²) < 4.78 is 0. The predicted octanol–water partition coefficient (Wildman–Crippen LogP) is 2.41. The number of likely N-dealkylation sites (tertiary alicyclic amines) is 1. The van der Waals surface area contributed by atoms with Gasteiger partial charge in [-0.1, -0.05) is 26.7 Å². The molecule has 0 aliphatic carbocycles. The van der Waals surface area contributed by atoms with Crippen LogP contribution in [0.1, 0.15) is 52.4 Å². The van der Waals surface area contributed by atoms with Gasteiger partial charge in [-0.05, 0) is 38.1 Å². The highest BCUT2D eigenvalue weighted by atomic mass is 16.2. The van der Waals surface area contributed by atoms with Crippen LogP contribution in [0.3, 0.4) is 0 Å². The number of carbonyl (C=O) groups excluding carboxylic acids is 1. The molecule has 104 valence electrons. The van der Waals surface area contributed by atoms with Crippen molar-refractivity contribution in [2.24, 2.45) is 11.8 Å². The summed E-state index contributed by atoms with van der Waals surface area (Å²) in [7, 11) is 0. The minimum atomic E-state index is 0.278. The Morgan fingerprint density at radius 1 is 1.28 bits per heavy atom. The van der Waals surface area contributed by atoms with E-state index in [0.717, 1.165) is 45.3 Å². The van der Waals surface area contributed by atoms with Gasteiger partial charge in [0.25, 0.3) is 0 Å². The highest BCUT2D eigenvalue weighted by Crippen LogP contribution is 2.27. The van der Waals surface area contributed by atoms with Gasteiger partial charge in [0, 0.05) is 25.0 Å². The first-order valence-electron chi connectivity index (χ1n) is 7.78. The summed E-state index contributed by atoms with van der Waals surface area (Å²) in [6.45, 7) is 7.45. The van der Waals surface area contributed by atoms with Crippen LogP contribution in [-0.4, -0.2) is 36.5 Å². The van der Waals surface area contributed by atoms with E-state index in [9.17, 15) is 4.79 Å². The second kappa shape index (κ2) is 6.55. The van der Waals surface area contributed by atoms with Crippen molar-refractivity contribution < 1.29 is 4.79 Å². The predicted molar refractivity (Wildman–Crippen MR) is 74.4 cm³/mol. The Morgan fingerprint density at radius 3 is 2.61 bits per heavy atom. The largest absolute Gasteiger partial charge is 0.341 e. The van der Waals surface area contributed by atoms with E-state index in [1.807, 2.05) is 0 Å². The molecule has 0 spiro atoms. The third-order valence-electron chi connectivity index (χ3n) is 4.53. The molecule has 2 heterocycles. The number of piperidine rings is 1. The third kappa shape index (κ3) is 3.05. The number of hydrogen-bond acceptors (Lipinski definition) is 2. The Bertz CT molecular complexity index is 260. The number of fused-ring (bicyclic) bond motifs is 1. The molecule has 1 amide bonds. The molecule has 0 aromatic heterocycles. The molecule has 0 aromatic rings. The monoisotopic (exact) mass is 252 g/mol. The van der Waals surface area contributed by atoms with Crippen molar-refractivity contribution in [1.29, 1.82) is 0 Å². The molecule has 0 aromatic carbocycles. The molecular weight excluding hydrogens is 224 g/mol. The van der Waals surface area contributed by atoms with Crippen LogP contribution < -0.4 is 5.32 Å². The fraction of sp³-hybridized carbons (Fsp3) is 0.933. The summed E-state index contributed by atoms with van der Waals surface area (Å²) in [6, 6.07) is 0.576. The normalized spacial score (nSPS) is 27.6. The van der Waals surface area contributed by atoms with Crippen molar-refractivity contribution in [1.82, 2.24) is 10.2 Å². The molecule has 2 aliphatic rings. The van der Waals surface area contributed by atoms with E-state index in [1.54, 1.807) is 0 Å². The van der Waals surface area contributed by atoms with Crippen LogP contribution in [0, 0.1) is 11.8 Å². The van der Waals surface area contributed by atoms with Crippen LogP contribution in [0.15, 0.2) is 0 Å². The number of nitrogens with zero attached hydrogens (tertiary/aromatic N) is 1. The molecular formula is C15H28N2O. The quantitative estimate of drug-likeness (QED) is 0.815. The second-order valence-corrected chi connectivity index (χ2v) is 5.98. The molecule has 2 aliphatic heterocycles. The van der Waals surface area contributed by atoms with E-state index in [1.165, 1.54) is 12.8 Å². The summed E-state index contributed by atoms with van der Waals surface area (Å²) in [6.07, 6.45) is 6.94. The number of amides is 1. The summed E-state index contributed by atoms with van der Waals surface area (Å²) in [4.78, 5) is 14.7. The van der Waals surface area contributed by atoms with Crippen LogP contribution in [-0.2, 0) is 4.79 Å². The Kier molecular flexibility index (Phi) is 5.04. The van der Waals surface area contributed by atoms with E-state index < -0.39 is 0 Å². The van der Waals surface area contributed by atoms with Gasteiger partial charge in [0.05, 0.1) is 0 Å². The number of rotatable bonds is 5. The maximum absolute atomic E-state index is 12.6. The Labute approximate surface area is 111 Å². The lowest BCUT2D eigenvalue weighted by atomic mass is 9.94. The van der Waals surface area contributed by atoms with Crippen molar-refractivity contribution >= 4 is 5.91 Å². The summed E-state index contributed by atoms with van der Waals surface area (Å²) in [5, 5.41) is 3.57. The van der Waals surface area contributed by atoms with Gasteiger partial charge in [-0.15, -0.1) is 0 Å². The van der Waals surface area contributed by atoms with Crippen molar-refractivity contribution in [3.63, 3.8) is 0 Å². The van der Waals surface area contributed by atoms with Crippen LogP contribution in [0.25, 0.3) is 0 Å². The number of carbonyl (C=O) groups is 1. The summed E-state index contributed by atoms with van der Waals surface area (Å²) >= 11 is 0. The van der Waals surface area contributed by atoms with Gasteiger partial charge in [-0.25, -0.2) is 0 Å². The first kappa shape index (κ1) is 13.9. The lowest BCUT2D eigenvalue weighted by molar-refractivity contribution is -0.135. The highest BCUT2D eigenvalue weighted by molar-refractivity contribution is 5.79. The molecule has 18 heavy (non-hydrogen) atoms. The van der Waals surface area contributed by atoms with Crippen LogP contribution in [0.2, 0.25) is 0 Å². The van der Waals surface area contributed by atoms with Crippen molar-refractivity contribution in [2.45, 2.75) is 58.4 Å². The molecule has 1 N–H and O–H groups in total. The number of nitrogens with one attached hydrogen (secondary N) is 1. The first-order chi connectivity index (χ1) is 8.76. The SMILES string of the molecule is CCCC(CCC)C(=O)N1C[C@@H]2CCCN[C@@H]2C1. The zero-order valence-electron chi connectivity index (χ0n) is 12.0. The highest BCUT2D eigenvalue weighted by Gasteiger charge is 2.37. The van der Waals surface area contributed by atoms with Crippen LogP contribution in [0.4, 0.5) is 0 Å². The zero-order chi connectivity index (χ0) is 13.0. The molecule has 3 heteroatoms. The molecule has 2 atom stereocenters. The fourth-order valence-electron chi connectivity index (χ4n) is 3.57. The Hall–Kier alpha value is -0.570. The molecule has 0 unspecified atom stereocenters. The van der Waals surface area contributed by atoms with Crippen molar-refractivity contribution in [3.05, 3.63) is 0 Å². The van der Waals surface area contributed by atoms with E-state index >= 15 is 0 Å². The molecule has 0 saturated carbocycles. The molecule has 2 fully saturated rings. The minimum Gasteiger partial charge on any atom is -0.341 e. The van der Waals surface area contributed by atoms with E-state index in [4.69, 9.17) is 0 Å². The average molecular weight is 252 g/mol. The zero-order valence-corrected chi connectivity index (χ0v) is 12.0. The fourth-order valence-corrected chi connectivity index (χ4v) is 3.57. The lowest BCUT2D eigenvalue weighted by Crippen LogP contribution is -2.41. The Balaban J connectivity index is 1.92. The van der Waals surface area contributed by atoms with Gasteiger partial charge in [-0.2, -0.15) is 0 Å². The molecule has 0 radical (unpaired) electrons. The van der Waals surface area contributed by atoms with Crippen molar-refractivity contribution in [2.75, 3.05) is 19.6 Å². The van der Waals surface area contributed by atoms with Crippen LogP contribution >= 0.6 is 0 Å². The average Bonchev–Trinajstić information content (AvgIpc) is 2.81. The lowest BCUT2D eigenvalue weighted by Gasteiger charge is -2.24. The van der Waals surface area contributed by atoms with Gasteiger partial charge in [0.15, 0.2) is 0 Å². The summed E-state index contributed by atoms with van der Waals surface area (Å²) in [5.74, 6) is 1.42. The smallest absolute Gasteiger partial charge is 0.225 e. The molecule has 0 bridgehead atoms. The first-order valence-corrected chi connectivity index (χ1v) is 7.78. The molecule has 2 saturated heterocycles. The van der Waals surface area contributed by atoms with E-state index in [0.29, 0.717) is 17.9 Å². The Morgan fingerprint density at radius 2 is 2.00 bits per heavy atom. The third-order valence-corrected chi connectivity index (χ3v) is 4.53. The topological polar surface area (TPSA) is 32.3 Å². The maximum atomic E-state index is 12.6. The van der Waals surface area contributed by atoms with E-state index in [2.05, 4.69) is 24.1 Å². The van der Waals surface area contributed by atoms with Crippen molar-refractivity contribution in [3.8, 4) is 0 Å². The van der Waals surface area contributed by atoms with E-state index in [-0.39, 0.29) is 5.92 Å². The van der Waals surface area contributed by atoms with Crippen LogP contribution in [0.5, 0.6) is 0 Å². The van der Waals surface area contributed by atoms with Gasteiger partial charge < -0.3 is 10.2 Å². The van der Waals surface area contributed by atoms with Gasteiger partial charge in [-0.3, -0.25) is 4.79 Å². The second-order valence-electron chi connectivity index (χ2n) is 5.98. The summed E-state index contributed by atoms with van der Waals surface area (Å²) in [5.41, 5.74) is 0. The maximum Gasteiger partial charge on any atom is 0.225 e. The standard InChI is InChI=1S/C15H28N2O/c1-3-6-12(7-4-2)15(18)17-10-13-8-5-9-16-14(13)11-17/h12-14,16H,3-11H2,1-2H3/t13-,14+/m0/s1. The van der Waals surface area contributed by atoms with Gasteiger partial charge >= 0.3 is 0 Å².